The van der Waals surface area contributed by atoms with Crippen molar-refractivity contribution in [3.05, 3.63) is 28.6 Å². The Labute approximate surface area is 130 Å². The Balaban J connectivity index is 1.56. The smallest absolute Gasteiger partial charge is 0.272 e. The van der Waals surface area contributed by atoms with Crippen LogP contribution in [-0.4, -0.2) is 59.9 Å². The van der Waals surface area contributed by atoms with Crippen molar-refractivity contribution in [1.29, 1.82) is 0 Å². The second-order valence-electron chi connectivity index (χ2n) is 4.97. The Morgan fingerprint density at radius 1 is 1.48 bits per heavy atom. The molecule has 0 atom stereocenters. The Kier molecular flexibility index (Phi) is 4.47. The summed E-state index contributed by atoms with van der Waals surface area (Å²) in [4.78, 5) is 17.7. The van der Waals surface area contributed by atoms with Gasteiger partial charge in [0.15, 0.2) is 11.3 Å². The van der Waals surface area contributed by atoms with Gasteiger partial charge in [-0.1, -0.05) is 0 Å². The molecule has 2 aromatic rings. The molecule has 1 saturated heterocycles. The average molecular weight is 355 g/mol. The minimum Gasteiger partial charge on any atom is -0.370 e. The SMILES string of the molecule is O=C(NCC[NH+]1CCOCC1)c1cc2ncc(Br)cn2n1. The van der Waals surface area contributed by atoms with Gasteiger partial charge in [0, 0.05) is 18.5 Å². The van der Waals surface area contributed by atoms with E-state index in [1.54, 1.807) is 23.0 Å². The Bertz CT molecular complexity index is 639. The lowest BCUT2D eigenvalue weighted by Gasteiger charge is -2.23. The van der Waals surface area contributed by atoms with Gasteiger partial charge in [-0.25, -0.2) is 9.50 Å². The van der Waals surface area contributed by atoms with Crippen molar-refractivity contribution in [3.63, 3.8) is 0 Å². The molecule has 21 heavy (non-hydrogen) atoms. The van der Waals surface area contributed by atoms with Crippen molar-refractivity contribution in [2.24, 2.45) is 0 Å². The normalized spacial score (nSPS) is 16.2. The first-order chi connectivity index (χ1) is 10.2. The second-order valence-corrected chi connectivity index (χ2v) is 5.89. The fraction of sp³-hybridized carbons (Fsp3) is 0.462. The molecule has 2 aromatic heterocycles. The van der Waals surface area contributed by atoms with E-state index in [4.69, 9.17) is 4.74 Å². The Hall–Kier alpha value is -1.51. The van der Waals surface area contributed by atoms with Gasteiger partial charge in [0.05, 0.1) is 30.8 Å². The van der Waals surface area contributed by atoms with Gasteiger partial charge in [0.1, 0.15) is 13.1 Å². The Morgan fingerprint density at radius 2 is 2.29 bits per heavy atom. The number of carbonyl (C=O) groups is 1. The van der Waals surface area contributed by atoms with Gasteiger partial charge in [-0.15, -0.1) is 0 Å². The van der Waals surface area contributed by atoms with E-state index in [0.717, 1.165) is 37.3 Å². The van der Waals surface area contributed by atoms with Crippen molar-refractivity contribution in [2.45, 2.75) is 0 Å². The van der Waals surface area contributed by atoms with Gasteiger partial charge in [0.2, 0.25) is 0 Å². The van der Waals surface area contributed by atoms with Gasteiger partial charge < -0.3 is 15.0 Å². The topological polar surface area (TPSA) is 73.0 Å². The third kappa shape index (κ3) is 3.58. The summed E-state index contributed by atoms with van der Waals surface area (Å²) in [7, 11) is 0. The average Bonchev–Trinajstić information content (AvgIpc) is 2.91. The number of hydrogen-bond acceptors (Lipinski definition) is 4. The lowest BCUT2D eigenvalue weighted by molar-refractivity contribution is -0.906. The lowest BCUT2D eigenvalue weighted by atomic mass is 10.3. The van der Waals surface area contributed by atoms with Crippen LogP contribution in [0.5, 0.6) is 0 Å². The highest BCUT2D eigenvalue weighted by Crippen LogP contribution is 2.09. The molecule has 112 valence electrons. The summed E-state index contributed by atoms with van der Waals surface area (Å²) in [5, 5.41) is 7.13. The molecule has 8 heteroatoms. The number of hydrogen-bond donors (Lipinski definition) is 2. The molecule has 0 aromatic carbocycles. The fourth-order valence-electron chi connectivity index (χ4n) is 2.32. The molecule has 7 nitrogen and oxygen atoms in total. The molecule has 0 unspecified atom stereocenters. The second kappa shape index (κ2) is 6.50. The molecule has 1 aliphatic rings. The van der Waals surface area contributed by atoms with Gasteiger partial charge in [-0.3, -0.25) is 4.79 Å². The first-order valence-electron chi connectivity index (χ1n) is 6.93. The molecule has 1 aliphatic heterocycles. The van der Waals surface area contributed by atoms with Crippen LogP contribution in [0.25, 0.3) is 5.65 Å². The van der Waals surface area contributed by atoms with Crippen LogP contribution < -0.4 is 10.2 Å². The van der Waals surface area contributed by atoms with Gasteiger partial charge in [-0.2, -0.15) is 5.10 Å². The van der Waals surface area contributed by atoms with Crippen LogP contribution in [0.1, 0.15) is 10.5 Å². The van der Waals surface area contributed by atoms with Gasteiger partial charge in [0.25, 0.3) is 5.91 Å². The zero-order chi connectivity index (χ0) is 14.7. The first-order valence-corrected chi connectivity index (χ1v) is 7.72. The highest BCUT2D eigenvalue weighted by atomic mass is 79.9. The van der Waals surface area contributed by atoms with Crippen molar-refractivity contribution >= 4 is 27.5 Å². The summed E-state index contributed by atoms with van der Waals surface area (Å²) in [6, 6.07) is 1.68. The van der Waals surface area contributed by atoms with Crippen molar-refractivity contribution in [2.75, 3.05) is 39.4 Å². The number of amides is 1. The molecule has 0 bridgehead atoms. The van der Waals surface area contributed by atoms with Crippen LogP contribution in [0.3, 0.4) is 0 Å². The summed E-state index contributed by atoms with van der Waals surface area (Å²) in [5.41, 5.74) is 1.04. The number of ether oxygens (including phenoxy) is 1. The van der Waals surface area contributed by atoms with Gasteiger partial charge >= 0.3 is 0 Å². The maximum Gasteiger partial charge on any atom is 0.272 e. The number of nitrogens with one attached hydrogen (secondary N) is 2. The number of rotatable bonds is 4. The molecular weight excluding hydrogens is 338 g/mol. The monoisotopic (exact) mass is 354 g/mol. The van der Waals surface area contributed by atoms with E-state index >= 15 is 0 Å². The molecule has 0 spiro atoms. The van der Waals surface area contributed by atoms with Gasteiger partial charge in [-0.05, 0) is 15.9 Å². The molecule has 0 saturated carbocycles. The summed E-state index contributed by atoms with van der Waals surface area (Å²) in [6.45, 7) is 5.16. The van der Waals surface area contributed by atoms with E-state index in [9.17, 15) is 4.79 Å². The molecule has 1 fully saturated rings. The third-order valence-corrected chi connectivity index (χ3v) is 3.89. The minimum absolute atomic E-state index is 0.163. The number of quaternary nitrogens is 1. The molecule has 3 heterocycles. The third-order valence-electron chi connectivity index (χ3n) is 3.48. The van der Waals surface area contributed by atoms with Crippen LogP contribution >= 0.6 is 15.9 Å². The van der Waals surface area contributed by atoms with Crippen LogP contribution in [0.2, 0.25) is 0 Å². The van der Waals surface area contributed by atoms with Crippen LogP contribution in [-0.2, 0) is 4.74 Å². The largest absolute Gasteiger partial charge is 0.370 e. The van der Waals surface area contributed by atoms with Crippen LogP contribution in [0.15, 0.2) is 22.9 Å². The molecule has 2 N–H and O–H groups in total. The number of aromatic nitrogens is 3. The number of fused-ring (bicyclic) bond motifs is 1. The quantitative estimate of drug-likeness (QED) is 0.749. The number of halogens is 1. The van der Waals surface area contributed by atoms with Crippen molar-refractivity contribution < 1.29 is 14.4 Å². The standard InChI is InChI=1S/C13H16BrN5O2/c14-10-8-16-12-7-11(17-19(12)9-10)13(20)15-1-2-18-3-5-21-6-4-18/h7-9H,1-6H2,(H,15,20)/p+1. The number of morpholine rings is 1. The molecule has 3 rings (SSSR count). The zero-order valence-electron chi connectivity index (χ0n) is 11.5. The molecule has 0 aliphatic carbocycles. The molecular formula is C13H17BrN5O2+. The number of nitrogens with zero attached hydrogens (tertiary/aromatic N) is 3. The summed E-state index contributed by atoms with van der Waals surface area (Å²) in [6.07, 6.45) is 3.46. The van der Waals surface area contributed by atoms with E-state index < -0.39 is 0 Å². The Morgan fingerprint density at radius 3 is 3.10 bits per heavy atom. The van der Waals surface area contributed by atoms with E-state index in [1.807, 2.05) is 0 Å². The van der Waals surface area contributed by atoms with Crippen molar-refractivity contribution in [1.82, 2.24) is 19.9 Å². The predicted molar refractivity (Wildman–Crippen MR) is 79.4 cm³/mol. The summed E-state index contributed by atoms with van der Waals surface area (Å²) in [5.74, 6) is -0.163. The lowest BCUT2D eigenvalue weighted by Crippen LogP contribution is -3.14. The molecule has 0 radical (unpaired) electrons. The van der Waals surface area contributed by atoms with E-state index in [0.29, 0.717) is 17.9 Å². The highest BCUT2D eigenvalue weighted by Gasteiger charge is 2.15. The highest BCUT2D eigenvalue weighted by molar-refractivity contribution is 9.10. The predicted octanol–water partition coefficient (Wildman–Crippen LogP) is -0.863. The summed E-state index contributed by atoms with van der Waals surface area (Å²) < 4.78 is 7.72. The maximum absolute atomic E-state index is 12.1. The van der Waals surface area contributed by atoms with Crippen LogP contribution in [0.4, 0.5) is 0 Å². The van der Waals surface area contributed by atoms with E-state index in [2.05, 4.69) is 31.3 Å². The minimum atomic E-state index is -0.163. The first kappa shape index (κ1) is 14.4. The summed E-state index contributed by atoms with van der Waals surface area (Å²) >= 11 is 3.33. The van der Waals surface area contributed by atoms with E-state index in [1.165, 1.54) is 4.90 Å². The zero-order valence-corrected chi connectivity index (χ0v) is 13.1. The van der Waals surface area contributed by atoms with E-state index in [-0.39, 0.29) is 5.91 Å². The van der Waals surface area contributed by atoms with Crippen molar-refractivity contribution in [3.8, 4) is 0 Å². The van der Waals surface area contributed by atoms with Crippen LogP contribution in [0, 0.1) is 0 Å². The number of carbonyl (C=O) groups excluding carboxylic acids is 1. The molecule has 1 amide bonds. The fourth-order valence-corrected chi connectivity index (χ4v) is 2.61. The maximum atomic E-state index is 12.1.